The van der Waals surface area contributed by atoms with Crippen molar-refractivity contribution in [1.82, 2.24) is 14.1 Å². The molecule has 1 saturated carbocycles. The van der Waals surface area contributed by atoms with Gasteiger partial charge in [0.1, 0.15) is 5.69 Å². The van der Waals surface area contributed by atoms with Crippen LogP contribution in [0.4, 0.5) is 5.69 Å². The van der Waals surface area contributed by atoms with E-state index < -0.39 is 5.91 Å². The molecule has 3 aromatic rings. The van der Waals surface area contributed by atoms with Crippen LogP contribution in [0.3, 0.4) is 0 Å². The maximum atomic E-state index is 12.0. The minimum absolute atomic E-state index is 0.0562. The van der Waals surface area contributed by atoms with Crippen LogP contribution in [0.1, 0.15) is 23.2 Å². The molecule has 4 rings (SSSR count). The van der Waals surface area contributed by atoms with E-state index in [9.17, 15) is 9.59 Å². The van der Waals surface area contributed by atoms with Crippen molar-refractivity contribution in [3.8, 4) is 17.3 Å². The average Bonchev–Trinajstić information content (AvgIpc) is 3.36. The fourth-order valence-electron chi connectivity index (χ4n) is 3.33. The van der Waals surface area contributed by atoms with Gasteiger partial charge in [-0.3, -0.25) is 9.59 Å². The number of nitrogens with one attached hydrogen (secondary N) is 1. The van der Waals surface area contributed by atoms with Gasteiger partial charge in [-0.2, -0.15) is 0 Å². The van der Waals surface area contributed by atoms with Crippen LogP contribution >= 0.6 is 0 Å². The normalized spacial score (nSPS) is 13.7. The number of anilines is 1. The molecule has 0 atom stereocenters. The Hall–Kier alpha value is -3.29. The number of benzene rings is 1. The zero-order valence-corrected chi connectivity index (χ0v) is 15.4. The average molecular weight is 367 g/mol. The first-order chi connectivity index (χ1) is 12.9. The molecular weight excluding hydrogens is 346 g/mol. The highest BCUT2D eigenvalue weighted by atomic mass is 16.5. The maximum Gasteiger partial charge on any atom is 0.254 e. The molecule has 0 unspecified atom stereocenters. The Labute approximate surface area is 155 Å². The highest BCUT2D eigenvalue weighted by molar-refractivity contribution is 5.99. The van der Waals surface area contributed by atoms with E-state index >= 15 is 0 Å². The van der Waals surface area contributed by atoms with E-state index in [0.717, 1.165) is 29.6 Å². The molecule has 1 fully saturated rings. The second-order valence-corrected chi connectivity index (χ2v) is 6.86. The molecule has 140 valence electrons. The van der Waals surface area contributed by atoms with Crippen LogP contribution in [0.5, 0.6) is 5.75 Å². The monoisotopic (exact) mass is 367 g/mol. The Bertz CT molecular complexity index is 1070. The van der Waals surface area contributed by atoms with Gasteiger partial charge in [0.2, 0.25) is 5.91 Å². The summed E-state index contributed by atoms with van der Waals surface area (Å²) in [4.78, 5) is 28.4. The lowest BCUT2D eigenvalue weighted by Gasteiger charge is -2.07. The third kappa shape index (κ3) is 2.83. The standard InChI is InChI=1S/C19H21N5O3/c1-23-9-12(17(20)25)16(27-3)15(23)18-22-13-8-11(6-7-14(13)24(18)2)21-19(26)10-4-5-10/h6-10H,4-5H2,1-3H3,(H2,20,25)(H,21,26). The number of methoxy groups -OCH3 is 1. The number of fused-ring (bicyclic) bond motifs is 1. The van der Waals surface area contributed by atoms with Crippen molar-refractivity contribution in [3.05, 3.63) is 30.0 Å². The summed E-state index contributed by atoms with van der Waals surface area (Å²) in [6.07, 6.45) is 3.55. The number of hydrogen-bond donors (Lipinski definition) is 2. The van der Waals surface area contributed by atoms with E-state index in [4.69, 9.17) is 15.5 Å². The van der Waals surface area contributed by atoms with Crippen molar-refractivity contribution in [2.75, 3.05) is 12.4 Å². The van der Waals surface area contributed by atoms with Gasteiger partial charge >= 0.3 is 0 Å². The molecule has 0 radical (unpaired) electrons. The number of primary amides is 1. The Kier molecular flexibility index (Phi) is 3.91. The number of nitrogens with two attached hydrogens (primary N) is 1. The summed E-state index contributed by atoms with van der Waals surface area (Å²) in [6.45, 7) is 0. The number of carbonyl (C=O) groups excluding carboxylic acids is 2. The fourth-order valence-corrected chi connectivity index (χ4v) is 3.33. The molecule has 1 aliphatic carbocycles. The number of hydrogen-bond acceptors (Lipinski definition) is 4. The summed E-state index contributed by atoms with van der Waals surface area (Å²) in [7, 11) is 5.20. The molecule has 2 amide bonds. The van der Waals surface area contributed by atoms with Crippen LogP contribution in [-0.2, 0) is 18.9 Å². The molecule has 0 aliphatic heterocycles. The van der Waals surface area contributed by atoms with Gasteiger partial charge in [-0.1, -0.05) is 0 Å². The highest BCUT2D eigenvalue weighted by Gasteiger charge is 2.29. The Morgan fingerprint density at radius 2 is 2.04 bits per heavy atom. The molecule has 2 heterocycles. The molecule has 2 aromatic heterocycles. The minimum atomic E-state index is -0.558. The van der Waals surface area contributed by atoms with Crippen LogP contribution in [0, 0.1) is 5.92 Å². The molecule has 0 bridgehead atoms. The predicted octanol–water partition coefficient (Wildman–Crippen LogP) is 2.03. The summed E-state index contributed by atoms with van der Waals surface area (Å²) >= 11 is 0. The first kappa shape index (κ1) is 17.1. The lowest BCUT2D eigenvalue weighted by atomic mass is 10.2. The van der Waals surface area contributed by atoms with Crippen LogP contribution in [0.2, 0.25) is 0 Å². The molecule has 27 heavy (non-hydrogen) atoms. The molecule has 1 aromatic carbocycles. The number of nitrogens with zero attached hydrogens (tertiary/aromatic N) is 3. The smallest absolute Gasteiger partial charge is 0.254 e. The molecule has 8 nitrogen and oxygen atoms in total. The van der Waals surface area contributed by atoms with Crippen LogP contribution in [0.25, 0.3) is 22.6 Å². The Morgan fingerprint density at radius 3 is 2.67 bits per heavy atom. The zero-order valence-electron chi connectivity index (χ0n) is 15.4. The van der Waals surface area contributed by atoms with Gasteiger partial charge in [-0.15, -0.1) is 0 Å². The van der Waals surface area contributed by atoms with Gasteiger partial charge in [0.25, 0.3) is 5.91 Å². The Morgan fingerprint density at radius 1 is 1.30 bits per heavy atom. The number of carbonyl (C=O) groups is 2. The van der Waals surface area contributed by atoms with E-state index in [1.54, 1.807) is 10.8 Å². The number of aromatic nitrogens is 3. The number of rotatable bonds is 5. The number of aryl methyl sites for hydroxylation is 2. The van der Waals surface area contributed by atoms with E-state index in [1.807, 2.05) is 36.9 Å². The van der Waals surface area contributed by atoms with E-state index in [1.165, 1.54) is 7.11 Å². The second kappa shape index (κ2) is 6.15. The van der Waals surface area contributed by atoms with E-state index in [2.05, 4.69) is 5.32 Å². The van der Waals surface area contributed by atoms with Crippen molar-refractivity contribution in [1.29, 1.82) is 0 Å². The van der Waals surface area contributed by atoms with Crippen molar-refractivity contribution >= 4 is 28.5 Å². The van der Waals surface area contributed by atoms with Crippen LogP contribution in [0.15, 0.2) is 24.4 Å². The lowest BCUT2D eigenvalue weighted by Crippen LogP contribution is -2.13. The maximum absolute atomic E-state index is 12.0. The largest absolute Gasteiger partial charge is 0.494 e. The molecule has 1 aliphatic rings. The Balaban J connectivity index is 1.80. The van der Waals surface area contributed by atoms with Gasteiger partial charge in [0, 0.05) is 31.9 Å². The first-order valence-corrected chi connectivity index (χ1v) is 8.71. The third-order valence-electron chi connectivity index (χ3n) is 4.91. The molecular formula is C19H21N5O3. The van der Waals surface area contributed by atoms with Crippen molar-refractivity contribution in [2.24, 2.45) is 25.7 Å². The van der Waals surface area contributed by atoms with E-state index in [-0.39, 0.29) is 11.8 Å². The van der Waals surface area contributed by atoms with Crippen LogP contribution < -0.4 is 15.8 Å². The first-order valence-electron chi connectivity index (χ1n) is 8.71. The topological polar surface area (TPSA) is 104 Å². The molecule has 0 saturated heterocycles. The van der Waals surface area contributed by atoms with E-state index in [0.29, 0.717) is 22.8 Å². The minimum Gasteiger partial charge on any atom is -0.494 e. The van der Waals surface area contributed by atoms with Crippen LogP contribution in [-0.4, -0.2) is 33.0 Å². The molecule has 3 N–H and O–H groups in total. The summed E-state index contributed by atoms with van der Waals surface area (Å²) in [6, 6.07) is 5.63. The summed E-state index contributed by atoms with van der Waals surface area (Å²) in [5, 5.41) is 2.94. The van der Waals surface area contributed by atoms with Gasteiger partial charge in [0.15, 0.2) is 11.6 Å². The van der Waals surface area contributed by atoms with Gasteiger partial charge in [-0.05, 0) is 31.0 Å². The number of amides is 2. The summed E-state index contributed by atoms with van der Waals surface area (Å²) in [5.41, 5.74) is 8.79. The summed E-state index contributed by atoms with van der Waals surface area (Å²) < 4.78 is 9.14. The predicted molar refractivity (Wildman–Crippen MR) is 102 cm³/mol. The highest BCUT2D eigenvalue weighted by Crippen LogP contribution is 2.36. The molecule has 0 spiro atoms. The van der Waals surface area contributed by atoms with Crippen molar-refractivity contribution < 1.29 is 14.3 Å². The second-order valence-electron chi connectivity index (χ2n) is 6.86. The lowest BCUT2D eigenvalue weighted by molar-refractivity contribution is -0.117. The third-order valence-corrected chi connectivity index (χ3v) is 4.91. The number of imidazole rings is 1. The van der Waals surface area contributed by atoms with Gasteiger partial charge < -0.3 is 24.9 Å². The van der Waals surface area contributed by atoms with Crippen molar-refractivity contribution in [2.45, 2.75) is 12.8 Å². The number of ether oxygens (including phenoxy) is 1. The SMILES string of the molecule is COc1c(C(N)=O)cn(C)c1-c1nc2cc(NC(=O)C3CC3)ccc2n1C. The zero-order chi connectivity index (χ0) is 19.3. The fraction of sp³-hybridized carbons (Fsp3) is 0.316. The van der Waals surface area contributed by atoms with Gasteiger partial charge in [0.05, 0.1) is 23.7 Å². The summed E-state index contributed by atoms with van der Waals surface area (Å²) in [5.74, 6) is 0.672. The van der Waals surface area contributed by atoms with Crippen molar-refractivity contribution in [3.63, 3.8) is 0 Å². The quantitative estimate of drug-likeness (QED) is 0.720. The molecule has 8 heteroatoms. The van der Waals surface area contributed by atoms with Gasteiger partial charge in [-0.25, -0.2) is 4.98 Å².